The Morgan fingerprint density at radius 2 is 2.44 bits per heavy atom. The fourth-order valence-corrected chi connectivity index (χ4v) is 1.84. The maximum atomic E-state index is 5.88. The molecule has 2 heterocycles. The van der Waals surface area contributed by atoms with Crippen molar-refractivity contribution in [2.24, 2.45) is 0 Å². The van der Waals surface area contributed by atoms with E-state index < -0.39 is 0 Å². The Kier molecular flexibility index (Phi) is 3.63. The summed E-state index contributed by atoms with van der Waals surface area (Å²) in [5.41, 5.74) is 0.963. The van der Waals surface area contributed by atoms with Crippen molar-refractivity contribution in [3.8, 4) is 0 Å². The van der Waals surface area contributed by atoms with E-state index in [0.717, 1.165) is 18.7 Å². The van der Waals surface area contributed by atoms with Gasteiger partial charge in [-0.15, -0.1) is 0 Å². The number of ether oxygens (including phenoxy) is 2. The third-order valence-corrected chi connectivity index (χ3v) is 2.56. The van der Waals surface area contributed by atoms with Gasteiger partial charge in [0.2, 0.25) is 0 Å². The molecule has 90 valence electrons. The van der Waals surface area contributed by atoms with E-state index in [1.54, 1.807) is 12.5 Å². The van der Waals surface area contributed by atoms with E-state index in [2.05, 4.69) is 19.2 Å². The molecular formula is C12H19NO3. The van der Waals surface area contributed by atoms with E-state index >= 15 is 0 Å². The summed E-state index contributed by atoms with van der Waals surface area (Å²) in [6, 6.07) is 1.91. The van der Waals surface area contributed by atoms with Gasteiger partial charge in [-0.1, -0.05) is 0 Å². The molecular weight excluding hydrogens is 206 g/mol. The normalized spacial score (nSPS) is 24.5. The van der Waals surface area contributed by atoms with Gasteiger partial charge in [0.15, 0.2) is 0 Å². The smallest absolute Gasteiger partial charge is 0.0957 e. The molecule has 16 heavy (non-hydrogen) atoms. The molecule has 4 nitrogen and oxygen atoms in total. The lowest BCUT2D eigenvalue weighted by Gasteiger charge is -2.36. The number of morpholine rings is 1. The molecule has 1 aliphatic heterocycles. The van der Waals surface area contributed by atoms with Gasteiger partial charge in [0.1, 0.15) is 0 Å². The van der Waals surface area contributed by atoms with Gasteiger partial charge in [0.05, 0.1) is 37.4 Å². The third-order valence-electron chi connectivity index (χ3n) is 2.56. The predicted molar refractivity (Wildman–Crippen MR) is 60.2 cm³/mol. The second-order valence-electron chi connectivity index (χ2n) is 4.78. The summed E-state index contributed by atoms with van der Waals surface area (Å²) >= 11 is 0. The molecule has 1 saturated heterocycles. The SMILES string of the molecule is CC1(C)CNCC(COCc2ccoc2)O1. The summed E-state index contributed by atoms with van der Waals surface area (Å²) < 4.78 is 16.4. The lowest BCUT2D eigenvalue weighted by Crippen LogP contribution is -2.51. The molecule has 2 rings (SSSR count). The van der Waals surface area contributed by atoms with E-state index in [0.29, 0.717) is 13.2 Å². The first-order valence-electron chi connectivity index (χ1n) is 5.63. The molecule has 1 aromatic rings. The lowest BCUT2D eigenvalue weighted by molar-refractivity contribution is -0.122. The Balaban J connectivity index is 1.70. The van der Waals surface area contributed by atoms with Crippen LogP contribution in [0, 0.1) is 0 Å². The summed E-state index contributed by atoms with van der Waals surface area (Å²) in [5.74, 6) is 0. The first-order valence-corrected chi connectivity index (χ1v) is 5.63. The van der Waals surface area contributed by atoms with Crippen LogP contribution >= 0.6 is 0 Å². The number of rotatable bonds is 4. The summed E-state index contributed by atoms with van der Waals surface area (Å²) in [7, 11) is 0. The maximum Gasteiger partial charge on any atom is 0.0957 e. The summed E-state index contributed by atoms with van der Waals surface area (Å²) in [6.45, 7) is 7.11. The number of hydrogen-bond donors (Lipinski definition) is 1. The molecule has 1 aromatic heterocycles. The monoisotopic (exact) mass is 225 g/mol. The van der Waals surface area contributed by atoms with Crippen molar-refractivity contribution in [2.75, 3.05) is 19.7 Å². The fourth-order valence-electron chi connectivity index (χ4n) is 1.84. The zero-order valence-electron chi connectivity index (χ0n) is 9.86. The molecule has 0 radical (unpaired) electrons. The van der Waals surface area contributed by atoms with Gasteiger partial charge in [0.25, 0.3) is 0 Å². The topological polar surface area (TPSA) is 43.6 Å². The van der Waals surface area contributed by atoms with Crippen LogP contribution in [-0.4, -0.2) is 31.4 Å². The number of furan rings is 1. The Labute approximate surface area is 95.9 Å². The fraction of sp³-hybridized carbons (Fsp3) is 0.667. The Bertz CT molecular complexity index is 308. The second kappa shape index (κ2) is 4.99. The average molecular weight is 225 g/mol. The van der Waals surface area contributed by atoms with E-state index in [4.69, 9.17) is 13.9 Å². The van der Waals surface area contributed by atoms with Crippen molar-refractivity contribution in [3.63, 3.8) is 0 Å². The van der Waals surface area contributed by atoms with Crippen LogP contribution in [0.2, 0.25) is 0 Å². The highest BCUT2D eigenvalue weighted by molar-refractivity contribution is 5.03. The van der Waals surface area contributed by atoms with Gasteiger partial charge < -0.3 is 19.2 Å². The number of hydrogen-bond acceptors (Lipinski definition) is 4. The minimum Gasteiger partial charge on any atom is -0.472 e. The van der Waals surface area contributed by atoms with E-state index in [-0.39, 0.29) is 11.7 Å². The number of nitrogens with one attached hydrogen (secondary N) is 1. The molecule has 1 unspecified atom stereocenters. The summed E-state index contributed by atoms with van der Waals surface area (Å²) in [4.78, 5) is 0. The molecule has 1 N–H and O–H groups in total. The van der Waals surface area contributed by atoms with Crippen molar-refractivity contribution in [3.05, 3.63) is 24.2 Å². The zero-order chi connectivity index (χ0) is 11.4. The molecule has 4 heteroatoms. The quantitative estimate of drug-likeness (QED) is 0.844. The zero-order valence-corrected chi connectivity index (χ0v) is 9.86. The van der Waals surface area contributed by atoms with Crippen LogP contribution < -0.4 is 5.32 Å². The van der Waals surface area contributed by atoms with E-state index in [9.17, 15) is 0 Å². The first kappa shape index (κ1) is 11.6. The van der Waals surface area contributed by atoms with Crippen LogP contribution in [0.15, 0.2) is 23.0 Å². The van der Waals surface area contributed by atoms with Gasteiger partial charge in [-0.3, -0.25) is 0 Å². The molecule has 1 aliphatic rings. The summed E-state index contributed by atoms with van der Waals surface area (Å²) in [5, 5.41) is 3.35. The van der Waals surface area contributed by atoms with Gasteiger partial charge in [-0.25, -0.2) is 0 Å². The molecule has 0 aromatic carbocycles. The van der Waals surface area contributed by atoms with Crippen molar-refractivity contribution < 1.29 is 13.9 Å². The molecule has 1 atom stereocenters. The molecule has 0 amide bonds. The third kappa shape index (κ3) is 3.33. The molecule has 0 aliphatic carbocycles. The maximum absolute atomic E-state index is 5.88. The van der Waals surface area contributed by atoms with Crippen LogP contribution in [0.5, 0.6) is 0 Å². The van der Waals surface area contributed by atoms with Crippen molar-refractivity contribution in [1.82, 2.24) is 5.32 Å². The largest absolute Gasteiger partial charge is 0.472 e. The Morgan fingerprint density at radius 1 is 1.56 bits per heavy atom. The highest BCUT2D eigenvalue weighted by atomic mass is 16.5. The highest BCUT2D eigenvalue weighted by Gasteiger charge is 2.28. The molecule has 1 fully saturated rings. The first-order chi connectivity index (χ1) is 7.66. The average Bonchev–Trinajstić information content (AvgIpc) is 2.69. The van der Waals surface area contributed by atoms with Crippen LogP contribution in [0.1, 0.15) is 19.4 Å². The van der Waals surface area contributed by atoms with Gasteiger partial charge >= 0.3 is 0 Å². The predicted octanol–water partition coefficient (Wildman–Crippen LogP) is 1.56. The van der Waals surface area contributed by atoms with E-state index in [1.165, 1.54) is 0 Å². The van der Waals surface area contributed by atoms with Crippen LogP contribution in [0.25, 0.3) is 0 Å². The van der Waals surface area contributed by atoms with Gasteiger partial charge in [-0.05, 0) is 19.9 Å². The van der Waals surface area contributed by atoms with Crippen LogP contribution in [0.3, 0.4) is 0 Å². The highest BCUT2D eigenvalue weighted by Crippen LogP contribution is 2.15. The standard InChI is InChI=1S/C12H19NO3/c1-12(2)9-13-5-11(16-12)8-15-7-10-3-4-14-6-10/h3-4,6,11,13H,5,7-9H2,1-2H3. The minimum atomic E-state index is -0.0953. The Hall–Kier alpha value is -0.840. The van der Waals surface area contributed by atoms with Crippen molar-refractivity contribution in [1.29, 1.82) is 0 Å². The molecule has 0 spiro atoms. The van der Waals surface area contributed by atoms with Gasteiger partial charge in [0, 0.05) is 18.7 Å². The van der Waals surface area contributed by atoms with E-state index in [1.807, 2.05) is 6.07 Å². The van der Waals surface area contributed by atoms with Crippen molar-refractivity contribution in [2.45, 2.75) is 32.2 Å². The summed E-state index contributed by atoms with van der Waals surface area (Å²) in [6.07, 6.45) is 3.49. The molecule has 0 saturated carbocycles. The van der Waals surface area contributed by atoms with Crippen LogP contribution in [-0.2, 0) is 16.1 Å². The van der Waals surface area contributed by atoms with Crippen molar-refractivity contribution >= 4 is 0 Å². The molecule has 0 bridgehead atoms. The van der Waals surface area contributed by atoms with Crippen LogP contribution in [0.4, 0.5) is 0 Å². The Morgan fingerprint density at radius 3 is 3.12 bits per heavy atom. The second-order valence-corrected chi connectivity index (χ2v) is 4.78. The lowest BCUT2D eigenvalue weighted by atomic mass is 10.1. The minimum absolute atomic E-state index is 0.0953. The van der Waals surface area contributed by atoms with Gasteiger partial charge in [-0.2, -0.15) is 0 Å².